The summed E-state index contributed by atoms with van der Waals surface area (Å²) < 4.78 is 13.9. The second-order valence-corrected chi connectivity index (χ2v) is 10.5. The zero-order chi connectivity index (χ0) is 29.1. The van der Waals surface area contributed by atoms with Gasteiger partial charge in [-0.3, -0.25) is 5.01 Å². The molecule has 1 unspecified atom stereocenters. The first-order valence-electron chi connectivity index (χ1n) is 13.8. The van der Waals surface area contributed by atoms with Crippen molar-refractivity contribution in [3.05, 3.63) is 102 Å². The molecule has 0 aliphatic rings. The molecule has 0 radical (unpaired) electrons. The fraction of sp³-hybridized carbons (Fsp3) is 0.333. The van der Waals surface area contributed by atoms with Gasteiger partial charge in [0.1, 0.15) is 17.4 Å². The number of nitrogens with two attached hydrogens (primary N) is 1. The van der Waals surface area contributed by atoms with E-state index in [1.165, 1.54) is 12.1 Å². The van der Waals surface area contributed by atoms with Gasteiger partial charge in [0.2, 0.25) is 0 Å². The van der Waals surface area contributed by atoms with Crippen molar-refractivity contribution in [3.8, 4) is 0 Å². The van der Waals surface area contributed by atoms with Gasteiger partial charge in [0.25, 0.3) is 0 Å². The largest absolute Gasteiger partial charge is 0.389 e. The Morgan fingerprint density at radius 2 is 1.77 bits per heavy atom. The van der Waals surface area contributed by atoms with Gasteiger partial charge in [0.05, 0.1) is 17.5 Å². The van der Waals surface area contributed by atoms with Crippen molar-refractivity contribution in [1.82, 2.24) is 4.98 Å². The number of hydrogen-bond acceptors (Lipinski definition) is 6. The Morgan fingerprint density at radius 3 is 2.42 bits per heavy atom. The van der Waals surface area contributed by atoms with Crippen LogP contribution in [0, 0.1) is 17.7 Å². The number of hydrogen-bond donors (Lipinski definition) is 3. The molecule has 212 valence electrons. The number of nitrogens with zero attached hydrogens (tertiary/aromatic N) is 2. The van der Waals surface area contributed by atoms with E-state index in [2.05, 4.69) is 24.1 Å². The van der Waals surface area contributed by atoms with Gasteiger partial charge in [-0.2, -0.15) is 0 Å². The molecule has 1 heterocycles. The number of aliphatic hydroxyl groups excluding tert-OH is 1. The average Bonchev–Trinajstić information content (AvgIpc) is 2.92. The molecular formula is C33H41FN4O2. The van der Waals surface area contributed by atoms with Crippen molar-refractivity contribution in [2.24, 2.45) is 17.7 Å². The molecule has 3 atom stereocenters. The van der Waals surface area contributed by atoms with Crippen LogP contribution in [0.25, 0.3) is 5.70 Å². The molecule has 0 bridgehead atoms. The lowest BCUT2D eigenvalue weighted by atomic mass is 9.93. The summed E-state index contributed by atoms with van der Waals surface area (Å²) in [5.41, 5.74) is 3.96. The number of rotatable bonds is 14. The van der Waals surface area contributed by atoms with Crippen molar-refractivity contribution in [2.45, 2.75) is 59.5 Å². The van der Waals surface area contributed by atoms with Gasteiger partial charge in [-0.25, -0.2) is 15.2 Å². The first-order valence-corrected chi connectivity index (χ1v) is 13.8. The maximum absolute atomic E-state index is 13.9. The summed E-state index contributed by atoms with van der Waals surface area (Å²) in [7, 11) is 0. The monoisotopic (exact) mass is 544 g/mol. The van der Waals surface area contributed by atoms with E-state index >= 15 is 0 Å². The number of carbonyl (C=O) groups is 1. The number of anilines is 3. The van der Waals surface area contributed by atoms with Crippen LogP contribution in [0.3, 0.4) is 0 Å². The normalized spacial score (nSPS) is 14.4. The number of aromatic nitrogens is 1. The third-order valence-corrected chi connectivity index (χ3v) is 6.80. The summed E-state index contributed by atoms with van der Waals surface area (Å²) in [5, 5.41) is 15.7. The Morgan fingerprint density at radius 1 is 1.07 bits per heavy atom. The number of benzene rings is 2. The Hall–Kier alpha value is -3.81. The molecule has 0 saturated carbocycles. The van der Waals surface area contributed by atoms with E-state index in [1.807, 2.05) is 55.5 Å². The fourth-order valence-electron chi connectivity index (χ4n) is 4.58. The predicted octanol–water partition coefficient (Wildman–Crippen LogP) is 7.41. The molecule has 3 aromatic rings. The number of allylic oxidation sites excluding steroid dienone is 2. The smallest absolute Gasteiger partial charge is 0.132 e. The van der Waals surface area contributed by atoms with Crippen LogP contribution in [-0.2, 0) is 4.79 Å². The quantitative estimate of drug-likeness (QED) is 0.111. The maximum atomic E-state index is 13.9. The van der Waals surface area contributed by atoms with Crippen molar-refractivity contribution >= 4 is 28.7 Å². The van der Waals surface area contributed by atoms with E-state index < -0.39 is 6.10 Å². The molecule has 0 aliphatic heterocycles. The molecule has 1 aromatic heterocycles. The Balaban J connectivity index is 2.04. The molecule has 2 aromatic carbocycles. The highest BCUT2D eigenvalue weighted by Crippen LogP contribution is 2.32. The number of hydrazine groups is 1. The van der Waals surface area contributed by atoms with E-state index in [-0.39, 0.29) is 17.5 Å². The third kappa shape index (κ3) is 9.43. The molecule has 3 rings (SSSR count). The number of Topliss-reactive ketones (excluding diaryl/α,β-unsaturated/α-hetero) is 1. The predicted molar refractivity (Wildman–Crippen MR) is 162 cm³/mol. The molecule has 0 saturated heterocycles. The summed E-state index contributed by atoms with van der Waals surface area (Å²) in [6, 6.07) is 19.7. The van der Waals surface area contributed by atoms with Crippen LogP contribution in [0.15, 0.2) is 90.7 Å². The van der Waals surface area contributed by atoms with Crippen molar-refractivity contribution in [3.63, 3.8) is 0 Å². The van der Waals surface area contributed by atoms with Gasteiger partial charge in [-0.15, -0.1) is 0 Å². The highest BCUT2D eigenvalue weighted by molar-refractivity contribution is 5.82. The second-order valence-electron chi connectivity index (χ2n) is 10.5. The van der Waals surface area contributed by atoms with E-state index in [0.717, 1.165) is 23.2 Å². The molecule has 0 amide bonds. The summed E-state index contributed by atoms with van der Waals surface area (Å²) >= 11 is 0. The van der Waals surface area contributed by atoms with Gasteiger partial charge < -0.3 is 15.2 Å². The fourth-order valence-corrected chi connectivity index (χ4v) is 4.58. The number of aliphatic hydroxyl groups is 1. The standard InChI is InChI=1S/C33H41FN4O2/c1-5-23(2)20-27(13-16-31(40)21-24(3)19-25(4)39)33(26-11-14-28(34)15-12-26)38(35)30-17-18-36-32(22-30)37-29-9-7-6-8-10-29/h6-18,22-24,31,40H,5,19-21,35H2,1-4H3,(H,36,37)/b16-13+,33-27-/t23?,24-,31+/m0/s1. The molecule has 7 heteroatoms. The minimum atomic E-state index is -0.718. The van der Waals surface area contributed by atoms with E-state index in [9.17, 15) is 14.3 Å². The van der Waals surface area contributed by atoms with Crippen LogP contribution in [0.4, 0.5) is 21.6 Å². The zero-order valence-corrected chi connectivity index (χ0v) is 23.8. The Kier molecular flexibility index (Phi) is 11.6. The molecule has 40 heavy (non-hydrogen) atoms. The summed E-state index contributed by atoms with van der Waals surface area (Å²) in [4.78, 5) is 15.9. The van der Waals surface area contributed by atoms with Crippen molar-refractivity contribution in [1.29, 1.82) is 0 Å². The SMILES string of the molecule is CCC(C)CC(/C=C/[C@@H](O)C[C@@H](C)CC(C)=O)=C(/c1ccc(F)cc1)N(N)c1ccnc(Nc2ccccc2)c1. The highest BCUT2D eigenvalue weighted by atomic mass is 19.1. The maximum Gasteiger partial charge on any atom is 0.132 e. The topological polar surface area (TPSA) is 91.5 Å². The molecule has 0 spiro atoms. The third-order valence-electron chi connectivity index (χ3n) is 6.80. The number of carbonyl (C=O) groups excluding carboxylic acids is 1. The summed E-state index contributed by atoms with van der Waals surface area (Å²) in [5.74, 6) is 7.63. The van der Waals surface area contributed by atoms with Gasteiger partial charge in [0, 0.05) is 29.9 Å². The molecular weight excluding hydrogens is 503 g/mol. The number of halogens is 1. The van der Waals surface area contributed by atoms with Crippen molar-refractivity contribution in [2.75, 3.05) is 10.3 Å². The van der Waals surface area contributed by atoms with Gasteiger partial charge in [-0.1, -0.05) is 57.5 Å². The number of pyridine rings is 1. The molecule has 4 N–H and O–H groups in total. The lowest BCUT2D eigenvalue weighted by molar-refractivity contribution is -0.117. The van der Waals surface area contributed by atoms with Crippen LogP contribution in [-0.4, -0.2) is 22.0 Å². The van der Waals surface area contributed by atoms with Crippen LogP contribution >= 0.6 is 0 Å². The number of para-hydroxylation sites is 1. The summed E-state index contributed by atoms with van der Waals surface area (Å²) in [6.07, 6.45) is 7.21. The van der Waals surface area contributed by atoms with Crippen molar-refractivity contribution < 1.29 is 14.3 Å². The minimum absolute atomic E-state index is 0.0640. The van der Waals surface area contributed by atoms with Gasteiger partial charge in [-0.05, 0) is 79.6 Å². The van der Waals surface area contributed by atoms with Crippen LogP contribution in [0.5, 0.6) is 0 Å². The summed E-state index contributed by atoms with van der Waals surface area (Å²) in [6.45, 7) is 7.82. The number of ketones is 1. The lowest BCUT2D eigenvalue weighted by Crippen LogP contribution is -2.30. The lowest BCUT2D eigenvalue weighted by Gasteiger charge is -2.27. The van der Waals surface area contributed by atoms with E-state index in [4.69, 9.17) is 5.84 Å². The molecule has 0 aliphatic carbocycles. The first kappa shape index (κ1) is 30.7. The Labute approximate surface area is 237 Å². The van der Waals surface area contributed by atoms with Crippen LogP contribution in [0.2, 0.25) is 0 Å². The molecule has 6 nitrogen and oxygen atoms in total. The molecule has 0 fully saturated rings. The van der Waals surface area contributed by atoms with E-state index in [1.54, 1.807) is 36.3 Å². The van der Waals surface area contributed by atoms with Gasteiger partial charge >= 0.3 is 0 Å². The first-order chi connectivity index (χ1) is 19.2. The Bertz CT molecular complexity index is 1290. The van der Waals surface area contributed by atoms with Gasteiger partial charge in [0.15, 0.2) is 0 Å². The number of nitrogens with one attached hydrogen (secondary N) is 1. The second kappa shape index (κ2) is 15.1. The highest BCUT2D eigenvalue weighted by Gasteiger charge is 2.19. The van der Waals surface area contributed by atoms with E-state index in [0.29, 0.717) is 42.4 Å². The minimum Gasteiger partial charge on any atom is -0.389 e. The van der Waals surface area contributed by atoms with Crippen LogP contribution in [0.1, 0.15) is 58.9 Å². The average molecular weight is 545 g/mol. The zero-order valence-electron chi connectivity index (χ0n) is 23.8. The van der Waals surface area contributed by atoms with Crippen LogP contribution < -0.4 is 16.2 Å².